The van der Waals surface area contributed by atoms with Crippen LogP contribution >= 0.6 is 11.6 Å². The van der Waals surface area contributed by atoms with Gasteiger partial charge in [-0.2, -0.15) is 0 Å². The molecule has 244 valence electrons. The number of benzene rings is 2. The van der Waals surface area contributed by atoms with Crippen molar-refractivity contribution in [1.82, 2.24) is 4.90 Å². The molecule has 1 saturated carbocycles. The van der Waals surface area contributed by atoms with Crippen molar-refractivity contribution in [1.29, 1.82) is 0 Å². The molecule has 0 bridgehead atoms. The molecule has 1 aliphatic heterocycles. The van der Waals surface area contributed by atoms with E-state index in [1.807, 2.05) is 37.3 Å². The Labute approximate surface area is 273 Å². The Kier molecular flexibility index (Phi) is 12.2. The number of aryl methyl sites for hydroxylation is 1. The van der Waals surface area contributed by atoms with E-state index in [9.17, 15) is 14.7 Å². The molecular weight excluding hydrogens is 588 g/mol. The molecule has 1 fully saturated rings. The molecule has 5 unspecified atom stereocenters. The zero-order valence-corrected chi connectivity index (χ0v) is 28.0. The molecule has 6 atom stereocenters. The molecule has 1 aliphatic carbocycles. The lowest BCUT2D eigenvalue weighted by atomic mass is 9.70. The van der Waals surface area contributed by atoms with Crippen LogP contribution in [0, 0.1) is 17.8 Å². The van der Waals surface area contributed by atoms with Crippen LogP contribution in [0.2, 0.25) is 5.02 Å². The molecule has 1 heterocycles. The molecule has 0 spiro atoms. The highest BCUT2D eigenvalue weighted by molar-refractivity contribution is 6.30. The third-order valence-electron chi connectivity index (χ3n) is 9.54. The highest BCUT2D eigenvalue weighted by Crippen LogP contribution is 2.43. The molecule has 0 aromatic heterocycles. The van der Waals surface area contributed by atoms with Gasteiger partial charge in [0, 0.05) is 44.0 Å². The van der Waals surface area contributed by atoms with Crippen LogP contribution in [0.25, 0.3) is 0 Å². The number of ether oxygens (including phenoxy) is 2. The molecule has 2 aromatic carbocycles. The summed E-state index contributed by atoms with van der Waals surface area (Å²) in [5.41, 5.74) is 4.05. The summed E-state index contributed by atoms with van der Waals surface area (Å²) in [5, 5.41) is 11.3. The number of nitrogens with zero attached hydrogens (tertiary/aromatic N) is 2. The van der Waals surface area contributed by atoms with Crippen molar-refractivity contribution in [3.63, 3.8) is 0 Å². The molecule has 0 radical (unpaired) electrons. The van der Waals surface area contributed by atoms with E-state index in [1.54, 1.807) is 18.0 Å². The van der Waals surface area contributed by atoms with Crippen LogP contribution in [0.4, 0.5) is 5.69 Å². The van der Waals surface area contributed by atoms with E-state index < -0.39 is 18.0 Å². The van der Waals surface area contributed by atoms with Crippen molar-refractivity contribution in [3.05, 3.63) is 83.4 Å². The van der Waals surface area contributed by atoms with Crippen LogP contribution < -0.4 is 9.64 Å². The number of halogens is 1. The first-order chi connectivity index (χ1) is 21.6. The summed E-state index contributed by atoms with van der Waals surface area (Å²) in [6, 6.07) is 11.9. The predicted molar refractivity (Wildman–Crippen MR) is 181 cm³/mol. The molecule has 2 aliphatic rings. The predicted octanol–water partition coefficient (Wildman–Crippen LogP) is 6.78. The van der Waals surface area contributed by atoms with Crippen molar-refractivity contribution in [2.45, 2.75) is 63.9 Å². The van der Waals surface area contributed by atoms with Gasteiger partial charge in [0.25, 0.3) is 0 Å². The van der Waals surface area contributed by atoms with Gasteiger partial charge in [-0.15, -0.1) is 13.2 Å². The van der Waals surface area contributed by atoms with Crippen LogP contribution in [-0.2, 0) is 20.7 Å². The quantitative estimate of drug-likeness (QED) is 0.182. The van der Waals surface area contributed by atoms with Gasteiger partial charge in [0.1, 0.15) is 5.75 Å². The largest absolute Gasteiger partial charge is 0.491 e. The Morgan fingerprint density at radius 2 is 1.98 bits per heavy atom. The number of carbonyl (C=O) groups is 2. The van der Waals surface area contributed by atoms with Gasteiger partial charge in [0.15, 0.2) is 0 Å². The van der Waals surface area contributed by atoms with Crippen molar-refractivity contribution in [2.24, 2.45) is 17.8 Å². The minimum atomic E-state index is -0.762. The van der Waals surface area contributed by atoms with Gasteiger partial charge in [-0.05, 0) is 78.0 Å². The molecule has 1 amide bonds. The minimum Gasteiger partial charge on any atom is -0.491 e. The fourth-order valence-corrected chi connectivity index (χ4v) is 6.89. The number of aliphatic hydroxyl groups excluding tert-OH is 1. The standard InChI is InChI=1S/C37H49ClN2O5/c1-7-10-25-17-29(38)13-15-30(25)28-22-40(21-27-11-14-31(27)34(41)9-3)33-18-26(12-16-35(33)45-23-28)32(37(43)44-6)19-36(42)39(5)20-24(4)8-2/h8-9,12-13,15-18,24,27-28,31-32,34,41H,2-3,7,10-11,14,19-23H2,1,4-6H3/t24?,27?,28?,31?,32-,34?/m1/s1. The lowest BCUT2D eigenvalue weighted by molar-refractivity contribution is -0.145. The number of fused-ring (bicyclic) bond motifs is 1. The van der Waals surface area contributed by atoms with Gasteiger partial charge < -0.3 is 24.4 Å². The maximum Gasteiger partial charge on any atom is 0.313 e. The van der Waals surface area contributed by atoms with Crippen LogP contribution in [-0.4, -0.2) is 68.4 Å². The minimum absolute atomic E-state index is 0.00329. The summed E-state index contributed by atoms with van der Waals surface area (Å²) >= 11 is 6.41. The lowest BCUT2D eigenvalue weighted by Gasteiger charge is -2.42. The third kappa shape index (κ3) is 8.30. The zero-order valence-electron chi connectivity index (χ0n) is 27.2. The normalized spacial score (nSPS) is 21.2. The van der Waals surface area contributed by atoms with E-state index in [0.29, 0.717) is 25.3 Å². The average Bonchev–Trinajstić information content (AvgIpc) is 3.20. The zero-order chi connectivity index (χ0) is 32.7. The Morgan fingerprint density at radius 1 is 1.20 bits per heavy atom. The first kappa shape index (κ1) is 34.6. The van der Waals surface area contributed by atoms with Crippen molar-refractivity contribution < 1.29 is 24.2 Å². The number of carbonyl (C=O) groups excluding carboxylic acids is 2. The number of amides is 1. The second kappa shape index (κ2) is 15.8. The number of hydrogen-bond acceptors (Lipinski definition) is 6. The highest BCUT2D eigenvalue weighted by atomic mass is 35.5. The molecule has 7 nitrogen and oxygen atoms in total. The SMILES string of the molecule is C=CC(C)CN(C)C(=O)C[C@@H](C(=O)OC)c1ccc2c(c1)N(CC1CCC1C(O)C=C)CC(c1ccc(Cl)cc1CCC)CO2. The van der Waals surface area contributed by atoms with E-state index in [2.05, 4.69) is 37.1 Å². The maximum atomic E-state index is 13.2. The summed E-state index contributed by atoms with van der Waals surface area (Å²) < 4.78 is 11.7. The highest BCUT2D eigenvalue weighted by Gasteiger charge is 2.38. The summed E-state index contributed by atoms with van der Waals surface area (Å²) in [7, 11) is 3.11. The Morgan fingerprint density at radius 3 is 2.62 bits per heavy atom. The Hall–Kier alpha value is -3.29. The van der Waals surface area contributed by atoms with Gasteiger partial charge in [0.2, 0.25) is 5.91 Å². The number of aliphatic hydroxyl groups is 1. The van der Waals surface area contributed by atoms with Crippen molar-refractivity contribution >= 4 is 29.2 Å². The molecule has 2 aromatic rings. The van der Waals surface area contributed by atoms with Gasteiger partial charge in [-0.25, -0.2) is 0 Å². The van der Waals surface area contributed by atoms with Gasteiger partial charge >= 0.3 is 5.97 Å². The molecular formula is C37H49ClN2O5. The van der Waals surface area contributed by atoms with Gasteiger partial charge in [0.05, 0.1) is 31.4 Å². The molecule has 0 saturated heterocycles. The second-order valence-corrected chi connectivity index (χ2v) is 13.2. The third-order valence-corrected chi connectivity index (χ3v) is 9.77. The molecule has 1 N–H and O–H groups in total. The molecule has 8 heteroatoms. The Balaban J connectivity index is 1.70. The van der Waals surface area contributed by atoms with Crippen molar-refractivity contribution in [2.75, 3.05) is 45.3 Å². The average molecular weight is 637 g/mol. The Bertz CT molecular complexity index is 1360. The topological polar surface area (TPSA) is 79.3 Å². The summed E-state index contributed by atoms with van der Waals surface area (Å²) in [6.45, 7) is 14.2. The maximum absolute atomic E-state index is 13.2. The van der Waals surface area contributed by atoms with E-state index in [0.717, 1.165) is 48.7 Å². The lowest BCUT2D eigenvalue weighted by Crippen LogP contribution is -2.43. The smallest absolute Gasteiger partial charge is 0.313 e. The van der Waals surface area contributed by atoms with Crippen LogP contribution in [0.15, 0.2) is 61.7 Å². The number of methoxy groups -OCH3 is 1. The fraction of sp³-hybridized carbons (Fsp3) is 0.514. The van der Waals surface area contributed by atoms with E-state index >= 15 is 0 Å². The van der Waals surface area contributed by atoms with Gasteiger partial charge in [-0.3, -0.25) is 9.59 Å². The monoisotopic (exact) mass is 636 g/mol. The number of rotatable bonds is 14. The first-order valence-corrected chi connectivity index (χ1v) is 16.5. The number of esters is 1. The van der Waals surface area contributed by atoms with Crippen LogP contribution in [0.3, 0.4) is 0 Å². The molecule has 45 heavy (non-hydrogen) atoms. The number of hydrogen-bond donors (Lipinski definition) is 1. The van der Waals surface area contributed by atoms with Gasteiger partial charge in [-0.1, -0.05) is 56.2 Å². The van der Waals surface area contributed by atoms with Crippen LogP contribution in [0.1, 0.15) is 68.1 Å². The summed E-state index contributed by atoms with van der Waals surface area (Å²) in [4.78, 5) is 30.4. The summed E-state index contributed by atoms with van der Waals surface area (Å²) in [6.07, 6.45) is 6.80. The van der Waals surface area contributed by atoms with Crippen molar-refractivity contribution in [3.8, 4) is 5.75 Å². The van der Waals surface area contributed by atoms with E-state index in [4.69, 9.17) is 21.1 Å². The summed E-state index contributed by atoms with van der Waals surface area (Å²) in [5.74, 6) is 0.0380. The molecule has 4 rings (SSSR count). The second-order valence-electron chi connectivity index (χ2n) is 12.7. The number of anilines is 1. The first-order valence-electron chi connectivity index (χ1n) is 16.1. The van der Waals surface area contributed by atoms with E-state index in [-0.39, 0.29) is 36.0 Å². The van der Waals surface area contributed by atoms with E-state index in [1.165, 1.54) is 18.2 Å². The van der Waals surface area contributed by atoms with Crippen LogP contribution in [0.5, 0.6) is 5.75 Å². The fourth-order valence-electron chi connectivity index (χ4n) is 6.69.